The topological polar surface area (TPSA) is 52.4 Å². The molecule has 7 heteroatoms. The van der Waals surface area contributed by atoms with Crippen LogP contribution < -0.4 is 4.74 Å². The number of hydrogen-bond donors (Lipinski definition) is 0. The van der Waals surface area contributed by atoms with E-state index in [1.165, 1.54) is 5.69 Å². The van der Waals surface area contributed by atoms with Crippen LogP contribution >= 0.6 is 11.6 Å². The van der Waals surface area contributed by atoms with Crippen LogP contribution in [-0.4, -0.2) is 53.3 Å². The summed E-state index contributed by atoms with van der Waals surface area (Å²) in [6.45, 7) is 5.93. The standard InChI is InChI=1S/C17H23ClN4O2/c1-3-22-15-8-9-21(16(12-23-2)17(15)19-20-22)10-11-24-14-6-4-13(18)5-7-14/h4-7,16H,3,8-12H2,1-2H3/t16-/m1/s1. The minimum absolute atomic E-state index is 0.132. The second kappa shape index (κ2) is 7.96. The van der Waals surface area contributed by atoms with Crippen molar-refractivity contribution in [2.24, 2.45) is 0 Å². The molecule has 0 N–H and O–H groups in total. The van der Waals surface area contributed by atoms with E-state index < -0.39 is 0 Å². The molecule has 0 spiro atoms. The highest BCUT2D eigenvalue weighted by Gasteiger charge is 2.31. The van der Waals surface area contributed by atoms with Crippen molar-refractivity contribution in [3.63, 3.8) is 0 Å². The third-order valence-corrected chi connectivity index (χ3v) is 4.60. The quantitative estimate of drug-likeness (QED) is 0.768. The lowest BCUT2D eigenvalue weighted by atomic mass is 10.0. The molecule has 3 rings (SSSR count). The van der Waals surface area contributed by atoms with E-state index >= 15 is 0 Å². The molecule has 2 heterocycles. The maximum absolute atomic E-state index is 5.89. The van der Waals surface area contributed by atoms with Crippen molar-refractivity contribution in [3.8, 4) is 5.75 Å². The summed E-state index contributed by atoms with van der Waals surface area (Å²) in [5.41, 5.74) is 2.27. The van der Waals surface area contributed by atoms with E-state index in [0.29, 0.717) is 18.2 Å². The fourth-order valence-corrected chi connectivity index (χ4v) is 3.24. The van der Waals surface area contributed by atoms with Gasteiger partial charge in [0.1, 0.15) is 18.1 Å². The summed E-state index contributed by atoms with van der Waals surface area (Å²) in [6, 6.07) is 7.57. The van der Waals surface area contributed by atoms with Gasteiger partial charge in [0.15, 0.2) is 0 Å². The maximum atomic E-state index is 5.89. The summed E-state index contributed by atoms with van der Waals surface area (Å²) in [6.07, 6.45) is 0.956. The van der Waals surface area contributed by atoms with Gasteiger partial charge in [-0.15, -0.1) is 5.10 Å². The van der Waals surface area contributed by atoms with Crippen LogP contribution in [0.25, 0.3) is 0 Å². The Hall–Kier alpha value is -1.63. The molecule has 1 aromatic carbocycles. The van der Waals surface area contributed by atoms with Gasteiger partial charge in [0.2, 0.25) is 0 Å². The first-order valence-corrected chi connectivity index (χ1v) is 8.64. The largest absolute Gasteiger partial charge is 0.492 e. The van der Waals surface area contributed by atoms with Crippen molar-refractivity contribution < 1.29 is 9.47 Å². The van der Waals surface area contributed by atoms with E-state index in [-0.39, 0.29) is 6.04 Å². The van der Waals surface area contributed by atoms with E-state index in [1.807, 2.05) is 28.9 Å². The van der Waals surface area contributed by atoms with Crippen molar-refractivity contribution in [1.29, 1.82) is 0 Å². The summed E-state index contributed by atoms with van der Waals surface area (Å²) in [5.74, 6) is 0.831. The molecule has 1 atom stereocenters. The van der Waals surface area contributed by atoms with Crippen molar-refractivity contribution in [1.82, 2.24) is 19.9 Å². The molecule has 0 aliphatic carbocycles. The Labute approximate surface area is 147 Å². The SMILES string of the molecule is CCn1nnc2c1CCN(CCOc1ccc(Cl)cc1)[C@@H]2COC. The first kappa shape index (κ1) is 17.2. The fraction of sp³-hybridized carbons (Fsp3) is 0.529. The number of halogens is 1. The Bertz CT molecular complexity index is 659. The lowest BCUT2D eigenvalue weighted by Crippen LogP contribution is -2.40. The Morgan fingerprint density at radius 2 is 2.08 bits per heavy atom. The molecule has 0 amide bonds. The average Bonchev–Trinajstić information content (AvgIpc) is 3.02. The first-order valence-electron chi connectivity index (χ1n) is 8.26. The minimum Gasteiger partial charge on any atom is -0.492 e. The number of ether oxygens (including phenoxy) is 2. The molecule has 0 fully saturated rings. The zero-order valence-corrected chi connectivity index (χ0v) is 14.9. The van der Waals surface area contributed by atoms with E-state index in [2.05, 4.69) is 22.1 Å². The van der Waals surface area contributed by atoms with Crippen LogP contribution in [0.15, 0.2) is 24.3 Å². The fourth-order valence-electron chi connectivity index (χ4n) is 3.12. The molecular formula is C17H23ClN4O2. The zero-order chi connectivity index (χ0) is 16.9. The molecule has 0 radical (unpaired) electrons. The molecule has 1 aromatic heterocycles. The number of fused-ring (bicyclic) bond motifs is 1. The summed E-state index contributed by atoms with van der Waals surface area (Å²) in [5, 5.41) is 9.36. The van der Waals surface area contributed by atoms with Gasteiger partial charge in [0, 0.05) is 38.2 Å². The van der Waals surface area contributed by atoms with Gasteiger partial charge in [-0.3, -0.25) is 4.90 Å². The lowest BCUT2D eigenvalue weighted by Gasteiger charge is -2.34. The second-order valence-electron chi connectivity index (χ2n) is 5.80. The van der Waals surface area contributed by atoms with Crippen molar-refractivity contribution in [2.75, 3.05) is 33.4 Å². The van der Waals surface area contributed by atoms with Crippen molar-refractivity contribution in [2.45, 2.75) is 25.9 Å². The molecule has 1 aliphatic rings. The van der Waals surface area contributed by atoms with E-state index in [9.17, 15) is 0 Å². The molecule has 0 saturated heterocycles. The lowest BCUT2D eigenvalue weighted by molar-refractivity contribution is 0.0700. The normalized spacial score (nSPS) is 17.7. The van der Waals surface area contributed by atoms with Gasteiger partial charge >= 0.3 is 0 Å². The van der Waals surface area contributed by atoms with E-state index in [1.54, 1.807) is 7.11 Å². The summed E-state index contributed by atoms with van der Waals surface area (Å²) < 4.78 is 13.2. The number of aryl methyl sites for hydroxylation is 1. The highest BCUT2D eigenvalue weighted by Crippen LogP contribution is 2.28. The summed E-state index contributed by atoms with van der Waals surface area (Å²) in [7, 11) is 1.72. The van der Waals surface area contributed by atoms with E-state index in [4.69, 9.17) is 21.1 Å². The molecule has 24 heavy (non-hydrogen) atoms. The molecule has 1 aliphatic heterocycles. The van der Waals surface area contributed by atoms with Crippen LogP contribution in [0.5, 0.6) is 5.75 Å². The number of rotatable bonds is 7. The van der Waals surface area contributed by atoms with Gasteiger partial charge in [-0.05, 0) is 31.2 Å². The number of hydrogen-bond acceptors (Lipinski definition) is 5. The molecule has 0 bridgehead atoms. The predicted molar refractivity (Wildman–Crippen MR) is 92.5 cm³/mol. The van der Waals surface area contributed by atoms with Crippen LogP contribution in [0.4, 0.5) is 0 Å². The highest BCUT2D eigenvalue weighted by molar-refractivity contribution is 6.30. The molecule has 2 aromatic rings. The Kier molecular flexibility index (Phi) is 5.71. The van der Waals surface area contributed by atoms with Crippen LogP contribution in [-0.2, 0) is 17.7 Å². The molecule has 130 valence electrons. The zero-order valence-electron chi connectivity index (χ0n) is 14.1. The maximum Gasteiger partial charge on any atom is 0.119 e. The van der Waals surface area contributed by atoms with Gasteiger partial charge in [-0.2, -0.15) is 0 Å². The van der Waals surface area contributed by atoms with Crippen LogP contribution in [0.1, 0.15) is 24.4 Å². The number of aromatic nitrogens is 3. The van der Waals surface area contributed by atoms with Gasteiger partial charge in [-0.25, -0.2) is 4.68 Å². The van der Waals surface area contributed by atoms with Crippen molar-refractivity contribution >= 4 is 11.6 Å². The molecular weight excluding hydrogens is 328 g/mol. The number of nitrogens with zero attached hydrogens (tertiary/aromatic N) is 4. The predicted octanol–water partition coefficient (Wildman–Crippen LogP) is 2.58. The van der Waals surface area contributed by atoms with Crippen LogP contribution in [0.3, 0.4) is 0 Å². The Morgan fingerprint density at radius 3 is 2.79 bits per heavy atom. The van der Waals surface area contributed by atoms with Gasteiger partial charge in [0.25, 0.3) is 0 Å². The Morgan fingerprint density at radius 1 is 1.29 bits per heavy atom. The number of benzene rings is 1. The third kappa shape index (κ3) is 3.71. The summed E-state index contributed by atoms with van der Waals surface area (Å²) >= 11 is 5.89. The molecule has 0 unspecified atom stereocenters. The van der Waals surface area contributed by atoms with Crippen molar-refractivity contribution in [3.05, 3.63) is 40.7 Å². The second-order valence-corrected chi connectivity index (χ2v) is 6.23. The Balaban J connectivity index is 1.63. The molecule has 0 saturated carbocycles. The third-order valence-electron chi connectivity index (χ3n) is 4.34. The highest BCUT2D eigenvalue weighted by atomic mass is 35.5. The monoisotopic (exact) mass is 350 g/mol. The summed E-state index contributed by atoms with van der Waals surface area (Å²) in [4.78, 5) is 2.36. The van der Waals surface area contributed by atoms with Crippen LogP contribution in [0, 0.1) is 0 Å². The van der Waals surface area contributed by atoms with Gasteiger partial charge in [0.05, 0.1) is 18.3 Å². The minimum atomic E-state index is 0.132. The molecule has 6 nitrogen and oxygen atoms in total. The van der Waals surface area contributed by atoms with Gasteiger partial charge < -0.3 is 9.47 Å². The average molecular weight is 351 g/mol. The number of methoxy groups -OCH3 is 1. The first-order chi connectivity index (χ1) is 11.7. The van der Waals surface area contributed by atoms with Gasteiger partial charge in [-0.1, -0.05) is 16.8 Å². The smallest absolute Gasteiger partial charge is 0.119 e. The van der Waals surface area contributed by atoms with E-state index in [0.717, 1.165) is 37.5 Å². The van der Waals surface area contributed by atoms with Crippen LogP contribution in [0.2, 0.25) is 5.02 Å².